The first kappa shape index (κ1) is 42.2. The number of allylic oxidation sites excluding steroid dienone is 2. The van der Waals surface area contributed by atoms with Gasteiger partial charge in [0.2, 0.25) is 6.33 Å². The third-order valence-corrected chi connectivity index (χ3v) is 9.40. The van der Waals surface area contributed by atoms with E-state index >= 15 is 0 Å². The lowest BCUT2D eigenvalue weighted by Gasteiger charge is -2.14. The van der Waals surface area contributed by atoms with E-state index in [4.69, 9.17) is 0 Å². The van der Waals surface area contributed by atoms with Gasteiger partial charge >= 0.3 is 0 Å². The second-order valence-electron chi connectivity index (χ2n) is 13.6. The Balaban J connectivity index is 0.0000176. The Morgan fingerprint density at radius 2 is 0.814 bits per heavy atom. The smallest absolute Gasteiger partial charge is 0.243 e. The molecule has 0 N–H and O–H groups in total. The average Bonchev–Trinajstić information content (AvgIpc) is 3.43. The highest BCUT2D eigenvalue weighted by atomic mass is 35.5. The molecular formula is C40H77ClN2. The Kier molecular flexibility index (Phi) is 33.5. The van der Waals surface area contributed by atoms with Crippen LogP contribution in [0.25, 0.3) is 0 Å². The highest BCUT2D eigenvalue weighted by molar-refractivity contribution is 4.81. The van der Waals surface area contributed by atoms with Crippen LogP contribution in [0.4, 0.5) is 0 Å². The minimum atomic E-state index is 0. The molecule has 1 aromatic heterocycles. The monoisotopic (exact) mass is 621 g/mol. The number of aromatic nitrogens is 2. The Morgan fingerprint density at radius 1 is 0.488 bits per heavy atom. The van der Waals surface area contributed by atoms with Crippen LogP contribution in [0.2, 0.25) is 0 Å². The third kappa shape index (κ3) is 28.5. The van der Waals surface area contributed by atoms with Gasteiger partial charge in [-0.2, -0.15) is 0 Å². The van der Waals surface area contributed by atoms with Gasteiger partial charge in [-0.05, 0) is 51.4 Å². The van der Waals surface area contributed by atoms with E-state index in [9.17, 15) is 0 Å². The van der Waals surface area contributed by atoms with Crippen molar-refractivity contribution in [2.24, 2.45) is 7.05 Å². The highest BCUT2D eigenvalue weighted by Crippen LogP contribution is 2.20. The summed E-state index contributed by atoms with van der Waals surface area (Å²) in [5.74, 6) is 0. The summed E-state index contributed by atoms with van der Waals surface area (Å²) in [5, 5.41) is 0. The molecule has 0 amide bonds. The van der Waals surface area contributed by atoms with E-state index in [-0.39, 0.29) is 12.4 Å². The van der Waals surface area contributed by atoms with Crippen molar-refractivity contribution in [1.29, 1.82) is 0 Å². The van der Waals surface area contributed by atoms with E-state index in [0.717, 1.165) is 0 Å². The lowest BCUT2D eigenvalue weighted by Crippen LogP contribution is -3.00. The zero-order valence-corrected chi connectivity index (χ0v) is 30.4. The van der Waals surface area contributed by atoms with Gasteiger partial charge in [0.15, 0.2) is 0 Å². The molecule has 1 atom stereocenters. The molecule has 0 saturated carbocycles. The quantitative estimate of drug-likeness (QED) is 0.0420. The fourth-order valence-corrected chi connectivity index (χ4v) is 6.51. The van der Waals surface area contributed by atoms with Crippen LogP contribution in [0, 0.1) is 0 Å². The Labute approximate surface area is 277 Å². The number of rotatable bonds is 33. The zero-order chi connectivity index (χ0) is 30.2. The molecule has 0 aliphatic carbocycles. The third-order valence-electron chi connectivity index (χ3n) is 9.40. The molecule has 1 unspecified atom stereocenters. The van der Waals surface area contributed by atoms with Crippen LogP contribution < -0.4 is 17.0 Å². The summed E-state index contributed by atoms with van der Waals surface area (Å²) in [4.78, 5) is 0. The maximum Gasteiger partial charge on any atom is 0.243 e. The van der Waals surface area contributed by atoms with Crippen molar-refractivity contribution in [2.75, 3.05) is 0 Å². The fraction of sp³-hybridized carbons (Fsp3) is 0.875. The second kappa shape index (κ2) is 34.1. The van der Waals surface area contributed by atoms with Crippen molar-refractivity contribution < 1.29 is 17.0 Å². The van der Waals surface area contributed by atoms with E-state index in [1.807, 2.05) is 0 Å². The number of hydrogen-bond donors (Lipinski definition) is 0. The van der Waals surface area contributed by atoms with Gasteiger partial charge in [-0.15, -0.1) is 0 Å². The first-order valence-electron chi connectivity index (χ1n) is 19.5. The molecule has 3 heteroatoms. The van der Waals surface area contributed by atoms with Crippen LogP contribution in [-0.4, -0.2) is 4.57 Å². The first-order valence-corrected chi connectivity index (χ1v) is 19.5. The summed E-state index contributed by atoms with van der Waals surface area (Å²) in [6, 6.07) is 0.699. The molecule has 0 radical (unpaired) electrons. The Bertz CT molecular complexity index is 682. The summed E-state index contributed by atoms with van der Waals surface area (Å²) in [5.41, 5.74) is 0. The predicted octanol–water partition coefficient (Wildman–Crippen LogP) is 10.5. The minimum absolute atomic E-state index is 0. The van der Waals surface area contributed by atoms with Gasteiger partial charge in [0, 0.05) is 0 Å². The number of nitrogens with zero attached hydrogens (tertiary/aromatic N) is 2. The summed E-state index contributed by atoms with van der Waals surface area (Å²) >= 11 is 0. The summed E-state index contributed by atoms with van der Waals surface area (Å²) in [6.45, 7) is 4.60. The van der Waals surface area contributed by atoms with Gasteiger partial charge in [0.05, 0.1) is 7.05 Å². The van der Waals surface area contributed by atoms with E-state index in [0.29, 0.717) is 6.04 Å². The molecule has 0 fully saturated rings. The van der Waals surface area contributed by atoms with Gasteiger partial charge in [-0.1, -0.05) is 174 Å². The number of hydrogen-bond acceptors (Lipinski definition) is 0. The topological polar surface area (TPSA) is 8.81 Å². The maximum atomic E-state index is 2.50. The van der Waals surface area contributed by atoms with Crippen molar-refractivity contribution in [2.45, 2.75) is 219 Å². The summed E-state index contributed by atoms with van der Waals surface area (Å²) < 4.78 is 4.71. The standard InChI is InChI=1S/C40H77N2.ClH/c1-4-6-8-10-12-14-16-18-20-22-24-26-28-30-32-34-36-40(42-38-37-41(3)39-42)35-33-31-29-27-25-23-21-19-17-15-13-11-9-7-5-2;/h17,19,37-40H,4-16,18,20-36H2,1-3H3;1H/q+1;/p-1. The second-order valence-corrected chi connectivity index (χ2v) is 13.6. The van der Waals surface area contributed by atoms with Crippen molar-refractivity contribution in [3.8, 4) is 0 Å². The Morgan fingerprint density at radius 3 is 1.14 bits per heavy atom. The number of aryl methyl sites for hydroxylation is 1. The van der Waals surface area contributed by atoms with Crippen LogP contribution >= 0.6 is 0 Å². The normalized spacial score (nSPS) is 12.3. The highest BCUT2D eigenvalue weighted by Gasteiger charge is 2.15. The largest absolute Gasteiger partial charge is 1.00 e. The van der Waals surface area contributed by atoms with Crippen molar-refractivity contribution >= 4 is 0 Å². The first-order chi connectivity index (χ1) is 20.8. The lowest BCUT2D eigenvalue weighted by atomic mass is 9.99. The molecule has 0 aliphatic heterocycles. The minimum Gasteiger partial charge on any atom is -1.00 e. The fourth-order valence-electron chi connectivity index (χ4n) is 6.51. The van der Waals surface area contributed by atoms with E-state index in [2.05, 4.69) is 60.9 Å². The summed E-state index contributed by atoms with van der Waals surface area (Å²) in [6.07, 6.45) is 55.7. The van der Waals surface area contributed by atoms with E-state index in [1.54, 1.807) is 0 Å². The SMILES string of the molecule is CCCCCCCC=CCCCCCCCCC(CCCCCCCCCCCCCCCCCC)[n+]1ccn(C)c1.[Cl-]. The molecule has 254 valence electrons. The van der Waals surface area contributed by atoms with Crippen LogP contribution in [0.5, 0.6) is 0 Å². The predicted molar refractivity (Wildman–Crippen MR) is 188 cm³/mol. The van der Waals surface area contributed by atoms with Crippen molar-refractivity contribution in [1.82, 2.24) is 4.57 Å². The molecule has 1 aromatic rings. The van der Waals surface area contributed by atoms with Crippen LogP contribution in [-0.2, 0) is 7.05 Å². The molecule has 0 spiro atoms. The Hall–Kier alpha value is -0.760. The van der Waals surface area contributed by atoms with E-state index in [1.165, 1.54) is 199 Å². The molecule has 1 heterocycles. The molecule has 43 heavy (non-hydrogen) atoms. The van der Waals surface area contributed by atoms with E-state index < -0.39 is 0 Å². The zero-order valence-electron chi connectivity index (χ0n) is 29.7. The molecule has 2 nitrogen and oxygen atoms in total. The van der Waals surface area contributed by atoms with Crippen molar-refractivity contribution in [3.05, 3.63) is 30.9 Å². The van der Waals surface area contributed by atoms with Gasteiger partial charge in [0.25, 0.3) is 0 Å². The van der Waals surface area contributed by atoms with Gasteiger partial charge in [-0.25, -0.2) is 9.13 Å². The summed E-state index contributed by atoms with van der Waals surface area (Å²) in [7, 11) is 2.16. The van der Waals surface area contributed by atoms with Gasteiger partial charge < -0.3 is 12.4 Å². The van der Waals surface area contributed by atoms with Crippen LogP contribution in [0.15, 0.2) is 30.9 Å². The van der Waals surface area contributed by atoms with Crippen LogP contribution in [0.3, 0.4) is 0 Å². The molecule has 0 bridgehead atoms. The van der Waals surface area contributed by atoms with Gasteiger partial charge in [0.1, 0.15) is 18.4 Å². The molecule has 0 aromatic carbocycles. The molecule has 0 aliphatic rings. The maximum absolute atomic E-state index is 2.50. The molecule has 0 saturated heterocycles. The molecule has 1 rings (SSSR count). The van der Waals surface area contributed by atoms with Crippen LogP contribution in [0.1, 0.15) is 219 Å². The van der Waals surface area contributed by atoms with Gasteiger partial charge in [-0.3, -0.25) is 0 Å². The number of imidazole rings is 1. The number of unbranched alkanes of at least 4 members (excludes halogenated alkanes) is 26. The molecular weight excluding hydrogens is 544 g/mol. The average molecular weight is 622 g/mol. The van der Waals surface area contributed by atoms with Crippen molar-refractivity contribution in [3.63, 3.8) is 0 Å². The number of halogens is 1. The lowest BCUT2D eigenvalue weighted by molar-refractivity contribution is -0.724.